The molecule has 2 aromatic heterocycles. The molecule has 0 fully saturated rings. The maximum atomic E-state index is 12.3. The van der Waals surface area contributed by atoms with E-state index >= 15 is 0 Å². The summed E-state index contributed by atoms with van der Waals surface area (Å²) in [6.07, 6.45) is 0.643. The van der Waals surface area contributed by atoms with Crippen molar-refractivity contribution in [3.05, 3.63) is 75.3 Å². The number of carbonyl (C=O) groups excluding carboxylic acids is 1. The van der Waals surface area contributed by atoms with E-state index in [-0.39, 0.29) is 17.7 Å². The summed E-state index contributed by atoms with van der Waals surface area (Å²) in [4.78, 5) is 31.0. The van der Waals surface area contributed by atoms with Crippen molar-refractivity contribution in [1.82, 2.24) is 9.97 Å². The summed E-state index contributed by atoms with van der Waals surface area (Å²) in [6.45, 7) is 3.95. The lowest BCUT2D eigenvalue weighted by Gasteiger charge is -2.09. The summed E-state index contributed by atoms with van der Waals surface area (Å²) in [5, 5.41) is 0.955. The number of H-pyrrole nitrogens is 1. The molecule has 0 bridgehead atoms. The molecule has 0 amide bonds. The molecule has 0 aliphatic rings. The Labute approximate surface area is 139 Å². The zero-order valence-electron chi connectivity index (χ0n) is 13.6. The molecular formula is C19H18N2O3. The van der Waals surface area contributed by atoms with Gasteiger partial charge in [-0.3, -0.25) is 9.78 Å². The molecule has 122 valence electrons. The van der Waals surface area contributed by atoms with E-state index in [1.54, 1.807) is 6.07 Å². The Morgan fingerprint density at radius 1 is 1.21 bits per heavy atom. The molecule has 5 nitrogen and oxygen atoms in total. The van der Waals surface area contributed by atoms with Gasteiger partial charge in [0.15, 0.2) is 0 Å². The first-order valence-electron chi connectivity index (χ1n) is 7.82. The summed E-state index contributed by atoms with van der Waals surface area (Å²) in [5.41, 5.74) is 3.31. The molecule has 1 N–H and O–H groups in total. The van der Waals surface area contributed by atoms with Crippen LogP contribution in [0, 0.1) is 6.92 Å². The van der Waals surface area contributed by atoms with Crippen LogP contribution in [0.4, 0.5) is 0 Å². The second-order valence-electron chi connectivity index (χ2n) is 5.63. The monoisotopic (exact) mass is 322 g/mol. The number of fused-ring (bicyclic) bond motifs is 1. The Morgan fingerprint density at radius 2 is 2.00 bits per heavy atom. The number of rotatable bonds is 4. The smallest absolute Gasteiger partial charge is 0.338 e. The highest BCUT2D eigenvalue weighted by atomic mass is 16.5. The van der Waals surface area contributed by atoms with Gasteiger partial charge in [0.25, 0.3) is 0 Å². The average Bonchev–Trinajstić information content (AvgIpc) is 2.58. The summed E-state index contributed by atoms with van der Waals surface area (Å²) in [7, 11) is 0. The Kier molecular flexibility index (Phi) is 4.42. The number of aromatic amines is 1. The number of aromatic nitrogens is 2. The van der Waals surface area contributed by atoms with Crippen molar-refractivity contribution in [2.45, 2.75) is 26.9 Å². The van der Waals surface area contributed by atoms with Crippen LogP contribution in [-0.2, 0) is 17.8 Å². The first kappa shape index (κ1) is 15.9. The van der Waals surface area contributed by atoms with E-state index in [0.29, 0.717) is 12.1 Å². The zero-order chi connectivity index (χ0) is 17.1. The molecule has 0 aliphatic heterocycles. The van der Waals surface area contributed by atoms with Crippen molar-refractivity contribution in [3.63, 3.8) is 0 Å². The number of nitrogens with one attached hydrogen (secondary N) is 1. The number of aryl methyl sites for hydroxylation is 2. The van der Waals surface area contributed by atoms with Crippen molar-refractivity contribution >= 4 is 16.9 Å². The maximum Gasteiger partial charge on any atom is 0.338 e. The van der Waals surface area contributed by atoms with Gasteiger partial charge in [-0.25, -0.2) is 4.79 Å². The third-order valence-electron chi connectivity index (χ3n) is 3.81. The van der Waals surface area contributed by atoms with Gasteiger partial charge in [0.1, 0.15) is 6.61 Å². The van der Waals surface area contributed by atoms with E-state index in [4.69, 9.17) is 4.74 Å². The Morgan fingerprint density at radius 3 is 2.79 bits per heavy atom. The predicted molar refractivity (Wildman–Crippen MR) is 92.0 cm³/mol. The van der Waals surface area contributed by atoms with E-state index in [1.165, 1.54) is 6.07 Å². The molecule has 5 heteroatoms. The van der Waals surface area contributed by atoms with Gasteiger partial charge in [0, 0.05) is 28.4 Å². The molecule has 0 radical (unpaired) electrons. The SMILES string of the molecule is CCc1cc(C(=O)OCc2cc(C)nc3ccccc23)cc(=O)[nH]1. The Balaban J connectivity index is 1.85. The first-order valence-corrected chi connectivity index (χ1v) is 7.82. The zero-order valence-corrected chi connectivity index (χ0v) is 13.6. The van der Waals surface area contributed by atoms with Crippen molar-refractivity contribution in [2.75, 3.05) is 0 Å². The minimum Gasteiger partial charge on any atom is -0.457 e. The summed E-state index contributed by atoms with van der Waals surface area (Å²) in [5.74, 6) is -0.505. The molecule has 0 aliphatic carbocycles. The van der Waals surface area contributed by atoms with Crippen LogP contribution in [0.3, 0.4) is 0 Å². The van der Waals surface area contributed by atoms with Crippen molar-refractivity contribution in [2.24, 2.45) is 0 Å². The Hall–Kier alpha value is -2.95. The van der Waals surface area contributed by atoms with E-state index in [1.807, 2.05) is 44.2 Å². The topological polar surface area (TPSA) is 72.0 Å². The van der Waals surface area contributed by atoms with Crippen LogP contribution in [-0.4, -0.2) is 15.9 Å². The van der Waals surface area contributed by atoms with Crippen LogP contribution >= 0.6 is 0 Å². The lowest BCUT2D eigenvalue weighted by molar-refractivity contribution is 0.0474. The molecule has 0 spiro atoms. The summed E-state index contributed by atoms with van der Waals surface area (Å²) >= 11 is 0. The summed E-state index contributed by atoms with van der Waals surface area (Å²) < 4.78 is 5.41. The second-order valence-corrected chi connectivity index (χ2v) is 5.63. The average molecular weight is 322 g/mol. The molecule has 1 aromatic carbocycles. The third-order valence-corrected chi connectivity index (χ3v) is 3.81. The lowest BCUT2D eigenvalue weighted by atomic mass is 10.1. The van der Waals surface area contributed by atoms with Crippen LogP contribution in [0.1, 0.15) is 34.2 Å². The maximum absolute atomic E-state index is 12.3. The summed E-state index contributed by atoms with van der Waals surface area (Å²) in [6, 6.07) is 12.6. The van der Waals surface area contributed by atoms with Crippen LogP contribution < -0.4 is 5.56 Å². The lowest BCUT2D eigenvalue weighted by Crippen LogP contribution is -2.14. The molecule has 0 atom stereocenters. The normalized spacial score (nSPS) is 10.8. The van der Waals surface area contributed by atoms with E-state index in [9.17, 15) is 9.59 Å². The quantitative estimate of drug-likeness (QED) is 0.749. The number of pyridine rings is 2. The third kappa shape index (κ3) is 3.35. The van der Waals surface area contributed by atoms with Gasteiger partial charge >= 0.3 is 5.97 Å². The van der Waals surface area contributed by atoms with Crippen molar-refractivity contribution in [3.8, 4) is 0 Å². The fourth-order valence-corrected chi connectivity index (χ4v) is 2.65. The van der Waals surface area contributed by atoms with Crippen LogP contribution in [0.5, 0.6) is 0 Å². The van der Waals surface area contributed by atoms with E-state index in [2.05, 4.69) is 9.97 Å². The fourth-order valence-electron chi connectivity index (χ4n) is 2.65. The molecule has 24 heavy (non-hydrogen) atoms. The number of carbonyl (C=O) groups is 1. The minimum atomic E-state index is -0.505. The largest absolute Gasteiger partial charge is 0.457 e. The van der Waals surface area contributed by atoms with E-state index in [0.717, 1.165) is 22.2 Å². The van der Waals surface area contributed by atoms with Gasteiger partial charge in [-0.05, 0) is 31.5 Å². The number of para-hydroxylation sites is 1. The number of nitrogens with zero attached hydrogens (tertiary/aromatic N) is 1. The van der Waals surface area contributed by atoms with Crippen LogP contribution in [0.2, 0.25) is 0 Å². The predicted octanol–water partition coefficient (Wildman–Crippen LogP) is 3.15. The molecule has 0 saturated carbocycles. The molecule has 2 heterocycles. The Bertz CT molecular complexity index is 960. The van der Waals surface area contributed by atoms with Gasteiger partial charge in [0.05, 0.1) is 11.1 Å². The van der Waals surface area contributed by atoms with Gasteiger partial charge in [-0.1, -0.05) is 25.1 Å². The van der Waals surface area contributed by atoms with Gasteiger partial charge in [-0.15, -0.1) is 0 Å². The highest BCUT2D eigenvalue weighted by Crippen LogP contribution is 2.19. The second kappa shape index (κ2) is 6.66. The van der Waals surface area contributed by atoms with Crippen LogP contribution in [0.15, 0.2) is 47.3 Å². The highest BCUT2D eigenvalue weighted by Gasteiger charge is 2.11. The number of ether oxygens (including phenoxy) is 1. The highest BCUT2D eigenvalue weighted by molar-refractivity contribution is 5.89. The molecular weight excluding hydrogens is 304 g/mol. The van der Waals surface area contributed by atoms with Gasteiger partial charge in [0.2, 0.25) is 5.56 Å². The van der Waals surface area contributed by atoms with E-state index < -0.39 is 5.97 Å². The van der Waals surface area contributed by atoms with Crippen LogP contribution in [0.25, 0.3) is 10.9 Å². The molecule has 3 rings (SSSR count). The van der Waals surface area contributed by atoms with Crippen molar-refractivity contribution in [1.29, 1.82) is 0 Å². The fraction of sp³-hybridized carbons (Fsp3) is 0.211. The minimum absolute atomic E-state index is 0.136. The first-order chi connectivity index (χ1) is 11.6. The number of hydrogen-bond donors (Lipinski definition) is 1. The molecule has 3 aromatic rings. The standard InChI is InChI=1S/C19H18N2O3/c1-3-15-9-13(10-18(22)21-15)19(23)24-11-14-8-12(2)20-17-7-5-4-6-16(14)17/h4-10H,3,11H2,1-2H3,(H,21,22). The number of hydrogen-bond acceptors (Lipinski definition) is 4. The molecule has 0 unspecified atom stereocenters. The number of benzene rings is 1. The molecule has 0 saturated heterocycles. The van der Waals surface area contributed by atoms with Gasteiger partial charge in [-0.2, -0.15) is 0 Å². The van der Waals surface area contributed by atoms with Crippen molar-refractivity contribution < 1.29 is 9.53 Å². The van der Waals surface area contributed by atoms with Gasteiger partial charge < -0.3 is 9.72 Å². The number of esters is 1.